The third-order valence-electron chi connectivity index (χ3n) is 5.03. The predicted octanol–water partition coefficient (Wildman–Crippen LogP) is 4.02. The summed E-state index contributed by atoms with van der Waals surface area (Å²) in [7, 11) is -5.72. The summed E-state index contributed by atoms with van der Waals surface area (Å²) in [6, 6.07) is 3.74. The van der Waals surface area contributed by atoms with Crippen molar-refractivity contribution < 1.29 is 30.6 Å². The number of benzene rings is 1. The molecule has 4 nitrogen and oxygen atoms in total. The number of ketones is 1. The van der Waals surface area contributed by atoms with Gasteiger partial charge in [0.1, 0.15) is 5.75 Å². The molecule has 0 amide bonds. The molecule has 0 unspecified atom stereocenters. The van der Waals surface area contributed by atoms with Crippen LogP contribution in [-0.4, -0.2) is 19.7 Å². The molecule has 0 aromatic heterocycles. The van der Waals surface area contributed by atoms with Crippen molar-refractivity contribution in [3.63, 3.8) is 0 Å². The van der Waals surface area contributed by atoms with Crippen molar-refractivity contribution in [2.45, 2.75) is 44.5 Å². The Morgan fingerprint density at radius 2 is 1.92 bits per heavy atom. The van der Waals surface area contributed by atoms with Gasteiger partial charge in [-0.1, -0.05) is 20.3 Å². The van der Waals surface area contributed by atoms with Crippen LogP contribution in [0.3, 0.4) is 0 Å². The molecule has 1 saturated carbocycles. The normalized spacial score (nSPS) is 26.0. The van der Waals surface area contributed by atoms with Crippen LogP contribution >= 0.6 is 0 Å². The van der Waals surface area contributed by atoms with E-state index in [0.29, 0.717) is 11.1 Å². The molecular weight excluding hydrogens is 345 g/mol. The fourth-order valence-electron chi connectivity index (χ4n) is 4.01. The molecule has 0 aliphatic heterocycles. The van der Waals surface area contributed by atoms with Gasteiger partial charge in [-0.3, -0.25) is 4.79 Å². The van der Waals surface area contributed by atoms with Gasteiger partial charge in [0.25, 0.3) is 0 Å². The first-order valence-corrected chi connectivity index (χ1v) is 9.04. The highest BCUT2D eigenvalue weighted by Gasteiger charge is 2.51. The Morgan fingerprint density at radius 3 is 2.54 bits per heavy atom. The lowest BCUT2D eigenvalue weighted by Crippen LogP contribution is -2.32. The number of carbonyl (C=O) groups excluding carboxylic acids is 1. The van der Waals surface area contributed by atoms with Crippen molar-refractivity contribution in [2.24, 2.45) is 11.3 Å². The van der Waals surface area contributed by atoms with Crippen molar-refractivity contribution in [3.8, 4) is 5.75 Å². The second-order valence-electron chi connectivity index (χ2n) is 7.06. The molecule has 24 heavy (non-hydrogen) atoms. The molecule has 1 fully saturated rings. The van der Waals surface area contributed by atoms with E-state index in [4.69, 9.17) is 0 Å². The van der Waals surface area contributed by atoms with Gasteiger partial charge in [0.05, 0.1) is 0 Å². The molecule has 0 saturated heterocycles. The number of alkyl halides is 3. The molecule has 132 valence electrons. The molecule has 0 N–H and O–H groups in total. The molecule has 1 aromatic rings. The zero-order valence-corrected chi connectivity index (χ0v) is 14.0. The lowest BCUT2D eigenvalue weighted by atomic mass is 9.63. The lowest BCUT2D eigenvalue weighted by molar-refractivity contribution is -0.0500. The third kappa shape index (κ3) is 2.60. The summed E-state index contributed by atoms with van der Waals surface area (Å²) in [5.74, 6) is -0.766. The summed E-state index contributed by atoms with van der Waals surface area (Å²) in [6.07, 6.45) is 2.55. The highest BCUT2D eigenvalue weighted by molar-refractivity contribution is 7.88. The zero-order valence-electron chi connectivity index (χ0n) is 13.2. The van der Waals surface area contributed by atoms with E-state index in [9.17, 15) is 26.4 Å². The van der Waals surface area contributed by atoms with Crippen molar-refractivity contribution in [2.75, 3.05) is 0 Å². The minimum absolute atomic E-state index is 0.0204. The first kappa shape index (κ1) is 17.3. The molecule has 2 aliphatic rings. The second-order valence-corrected chi connectivity index (χ2v) is 8.60. The average Bonchev–Trinajstić information content (AvgIpc) is 2.71. The molecular formula is C16H17F3O4S. The minimum atomic E-state index is -5.72. The number of hydrogen-bond acceptors (Lipinski definition) is 4. The van der Waals surface area contributed by atoms with Crippen molar-refractivity contribution in [1.82, 2.24) is 0 Å². The van der Waals surface area contributed by atoms with Crippen molar-refractivity contribution >= 4 is 15.9 Å². The van der Waals surface area contributed by atoms with Gasteiger partial charge in [0.2, 0.25) is 0 Å². The monoisotopic (exact) mass is 362 g/mol. The van der Waals surface area contributed by atoms with E-state index < -0.39 is 21.4 Å². The maximum atomic E-state index is 12.5. The Labute approximate surface area is 138 Å². The van der Waals surface area contributed by atoms with Gasteiger partial charge in [0, 0.05) is 11.5 Å². The summed E-state index contributed by atoms with van der Waals surface area (Å²) in [6.45, 7) is 4.04. The summed E-state index contributed by atoms with van der Waals surface area (Å²) in [5.41, 5.74) is -4.64. The molecule has 2 atom stereocenters. The summed E-state index contributed by atoms with van der Waals surface area (Å²) >= 11 is 0. The van der Waals surface area contributed by atoms with E-state index in [1.54, 1.807) is 0 Å². The molecule has 0 radical (unpaired) electrons. The van der Waals surface area contributed by atoms with Crippen LogP contribution in [-0.2, 0) is 10.1 Å². The molecule has 0 heterocycles. The lowest BCUT2D eigenvalue weighted by Gasteiger charge is -2.40. The second kappa shape index (κ2) is 5.21. The number of hydrogen-bond donors (Lipinski definition) is 0. The third-order valence-corrected chi connectivity index (χ3v) is 6.01. The minimum Gasteiger partial charge on any atom is -0.376 e. The largest absolute Gasteiger partial charge is 0.534 e. The van der Waals surface area contributed by atoms with Crippen LogP contribution in [0.25, 0.3) is 0 Å². The number of halogens is 3. The fraction of sp³-hybridized carbons (Fsp3) is 0.562. The summed E-state index contributed by atoms with van der Waals surface area (Å²) in [5, 5.41) is 0. The molecule has 2 aliphatic carbocycles. The van der Waals surface area contributed by atoms with E-state index in [1.807, 2.05) is 13.8 Å². The smallest absolute Gasteiger partial charge is 0.376 e. The number of carbonyl (C=O) groups is 1. The van der Waals surface area contributed by atoms with E-state index >= 15 is 0 Å². The van der Waals surface area contributed by atoms with Crippen molar-refractivity contribution in [3.05, 3.63) is 29.3 Å². The van der Waals surface area contributed by atoms with Gasteiger partial charge in [-0.05, 0) is 47.9 Å². The molecule has 0 bridgehead atoms. The highest BCUT2D eigenvalue weighted by atomic mass is 32.2. The van der Waals surface area contributed by atoms with Gasteiger partial charge in [-0.15, -0.1) is 0 Å². The molecule has 8 heteroatoms. The Bertz CT molecular complexity index is 796. The van der Waals surface area contributed by atoms with Gasteiger partial charge >= 0.3 is 15.6 Å². The number of fused-ring (bicyclic) bond motifs is 3. The Kier molecular flexibility index (Phi) is 3.75. The van der Waals surface area contributed by atoms with Crippen LogP contribution in [0.5, 0.6) is 5.75 Å². The van der Waals surface area contributed by atoms with E-state index in [-0.39, 0.29) is 23.0 Å². The quantitative estimate of drug-likeness (QED) is 0.589. The van der Waals surface area contributed by atoms with Gasteiger partial charge in [0.15, 0.2) is 5.78 Å². The van der Waals surface area contributed by atoms with Gasteiger partial charge < -0.3 is 4.18 Å². The fourth-order valence-corrected chi connectivity index (χ4v) is 4.46. The zero-order chi connectivity index (χ0) is 17.9. The van der Waals surface area contributed by atoms with Crippen LogP contribution in [0.1, 0.15) is 54.9 Å². The molecule has 1 aromatic carbocycles. The van der Waals surface area contributed by atoms with E-state index in [2.05, 4.69) is 4.18 Å². The summed E-state index contributed by atoms with van der Waals surface area (Å²) < 4.78 is 64.0. The molecule has 0 spiro atoms. The van der Waals surface area contributed by atoms with Crippen LogP contribution in [0.15, 0.2) is 18.2 Å². The SMILES string of the molecule is CC1(C)CCC[C@@H]2C(=O)c3ccc(OS(=O)(=O)C(F)(F)F)cc3[C@@H]21. The van der Waals surface area contributed by atoms with E-state index in [1.165, 1.54) is 12.1 Å². The van der Waals surface area contributed by atoms with E-state index in [0.717, 1.165) is 25.3 Å². The van der Waals surface area contributed by atoms with Crippen LogP contribution < -0.4 is 4.18 Å². The number of rotatable bonds is 2. The van der Waals surface area contributed by atoms with Gasteiger partial charge in [-0.2, -0.15) is 21.6 Å². The average molecular weight is 362 g/mol. The number of Topliss-reactive ketones (excluding diaryl/α,β-unsaturated/α-hetero) is 1. The Morgan fingerprint density at radius 1 is 1.25 bits per heavy atom. The summed E-state index contributed by atoms with van der Waals surface area (Å²) in [4.78, 5) is 12.5. The van der Waals surface area contributed by atoms with Gasteiger partial charge in [-0.25, -0.2) is 0 Å². The van der Waals surface area contributed by atoms with Crippen molar-refractivity contribution in [1.29, 1.82) is 0 Å². The first-order chi connectivity index (χ1) is 10.9. The maximum Gasteiger partial charge on any atom is 0.534 e. The Balaban J connectivity index is 2.02. The molecule has 3 rings (SSSR count). The topological polar surface area (TPSA) is 60.4 Å². The highest BCUT2D eigenvalue weighted by Crippen LogP contribution is 2.56. The Hall–Kier alpha value is -1.57. The van der Waals surface area contributed by atoms with Crippen LogP contribution in [0, 0.1) is 11.3 Å². The first-order valence-electron chi connectivity index (χ1n) is 7.63. The van der Waals surface area contributed by atoms with Crippen LogP contribution in [0.4, 0.5) is 13.2 Å². The van der Waals surface area contributed by atoms with Crippen LogP contribution in [0.2, 0.25) is 0 Å². The predicted molar refractivity (Wildman–Crippen MR) is 80.2 cm³/mol. The maximum absolute atomic E-state index is 12.5. The standard InChI is InChI=1S/C16H17F3O4S/c1-15(2)7-3-4-11-13(15)12-8-9(5-6-10(12)14(11)20)23-24(21,22)16(17,18)19/h5-6,8,11,13H,3-4,7H2,1-2H3/t11-,13+/m0/s1.